The summed E-state index contributed by atoms with van der Waals surface area (Å²) in [5.74, 6) is -0.760. The standard InChI is InChI=1S/C22H30N2O7S/c1-3-31-20(26)22(7-11-23(12-8-22)21(27)28)9-13-32(29,30)19-5-4-17-6-10-24(16(2)25)15-18(17)14-19/h4-5,14H,3,6-13,15H2,1-2H3,(H,27,28). The van der Waals surface area contributed by atoms with Crippen molar-refractivity contribution in [3.05, 3.63) is 29.3 Å². The Morgan fingerprint density at radius 3 is 2.38 bits per heavy atom. The number of fused-ring (bicyclic) bond motifs is 1. The van der Waals surface area contributed by atoms with E-state index in [1.807, 2.05) is 0 Å². The summed E-state index contributed by atoms with van der Waals surface area (Å²) < 4.78 is 31.5. The molecule has 1 aromatic rings. The van der Waals surface area contributed by atoms with Crippen molar-refractivity contribution in [1.82, 2.24) is 9.80 Å². The fraction of sp³-hybridized carbons (Fsp3) is 0.591. The molecule has 32 heavy (non-hydrogen) atoms. The summed E-state index contributed by atoms with van der Waals surface area (Å²) in [6.07, 6.45) is 0.153. The highest BCUT2D eigenvalue weighted by molar-refractivity contribution is 7.91. The molecule has 0 aromatic heterocycles. The molecular formula is C22H30N2O7S. The molecule has 9 nitrogen and oxygen atoms in total. The first kappa shape index (κ1) is 24.0. The molecule has 176 valence electrons. The van der Waals surface area contributed by atoms with Gasteiger partial charge in [-0.05, 0) is 55.9 Å². The fourth-order valence-electron chi connectivity index (χ4n) is 4.41. The number of carbonyl (C=O) groups is 3. The second kappa shape index (κ2) is 9.48. The maximum atomic E-state index is 13.1. The third kappa shape index (κ3) is 5.06. The number of carboxylic acid groups (broad SMARTS) is 1. The zero-order chi connectivity index (χ0) is 23.5. The molecule has 10 heteroatoms. The van der Waals surface area contributed by atoms with E-state index in [1.54, 1.807) is 30.0 Å². The van der Waals surface area contributed by atoms with Crippen molar-refractivity contribution in [2.24, 2.45) is 5.41 Å². The van der Waals surface area contributed by atoms with Crippen molar-refractivity contribution >= 4 is 27.8 Å². The Labute approximate surface area is 188 Å². The number of likely N-dealkylation sites (tertiary alicyclic amines) is 1. The number of rotatable bonds is 6. The van der Waals surface area contributed by atoms with Gasteiger partial charge in [0.1, 0.15) is 0 Å². The Balaban J connectivity index is 1.77. The van der Waals surface area contributed by atoms with Crippen molar-refractivity contribution in [3.8, 4) is 0 Å². The van der Waals surface area contributed by atoms with Gasteiger partial charge in [0, 0.05) is 33.1 Å². The number of piperidine rings is 1. The highest BCUT2D eigenvalue weighted by atomic mass is 32.2. The summed E-state index contributed by atoms with van der Waals surface area (Å²) in [6, 6.07) is 5.01. The fourth-order valence-corrected chi connectivity index (χ4v) is 5.90. The summed E-state index contributed by atoms with van der Waals surface area (Å²) in [7, 11) is -3.69. The van der Waals surface area contributed by atoms with E-state index in [4.69, 9.17) is 4.74 Å². The Kier molecular flexibility index (Phi) is 7.12. The third-order valence-corrected chi connectivity index (χ3v) is 8.26. The average molecular weight is 467 g/mol. The van der Waals surface area contributed by atoms with Crippen LogP contribution in [0.2, 0.25) is 0 Å². The summed E-state index contributed by atoms with van der Waals surface area (Å²) >= 11 is 0. The molecule has 0 saturated carbocycles. The quantitative estimate of drug-likeness (QED) is 0.637. The first-order chi connectivity index (χ1) is 15.1. The number of nitrogens with zero attached hydrogens (tertiary/aromatic N) is 2. The van der Waals surface area contributed by atoms with Gasteiger partial charge in [-0.25, -0.2) is 13.2 Å². The van der Waals surface area contributed by atoms with Gasteiger partial charge >= 0.3 is 12.1 Å². The third-order valence-electron chi connectivity index (χ3n) is 6.54. The van der Waals surface area contributed by atoms with Gasteiger partial charge in [0.25, 0.3) is 0 Å². The van der Waals surface area contributed by atoms with E-state index < -0.39 is 27.3 Å². The van der Waals surface area contributed by atoms with Crippen LogP contribution in [0.1, 0.15) is 44.2 Å². The molecule has 2 aliphatic rings. The zero-order valence-electron chi connectivity index (χ0n) is 18.5. The minimum absolute atomic E-state index is 0.0482. The largest absolute Gasteiger partial charge is 0.466 e. The number of carbonyl (C=O) groups excluding carboxylic acids is 2. The van der Waals surface area contributed by atoms with E-state index in [1.165, 1.54) is 11.8 Å². The zero-order valence-corrected chi connectivity index (χ0v) is 19.3. The average Bonchev–Trinajstić information content (AvgIpc) is 2.77. The number of amides is 2. The first-order valence-corrected chi connectivity index (χ1v) is 12.5. The lowest BCUT2D eigenvalue weighted by Gasteiger charge is -2.38. The van der Waals surface area contributed by atoms with E-state index in [0.717, 1.165) is 11.1 Å². The van der Waals surface area contributed by atoms with Gasteiger partial charge < -0.3 is 19.6 Å². The lowest BCUT2D eigenvalue weighted by atomic mass is 9.76. The summed E-state index contributed by atoms with van der Waals surface area (Å²) in [4.78, 5) is 38.8. The summed E-state index contributed by atoms with van der Waals surface area (Å²) in [6.45, 7) is 4.67. The highest BCUT2D eigenvalue weighted by Gasteiger charge is 2.44. The Morgan fingerprint density at radius 2 is 1.78 bits per heavy atom. The lowest BCUT2D eigenvalue weighted by molar-refractivity contribution is -0.158. The van der Waals surface area contributed by atoms with E-state index in [9.17, 15) is 27.9 Å². The molecule has 0 bridgehead atoms. The topological polar surface area (TPSA) is 121 Å². The van der Waals surface area contributed by atoms with Crippen LogP contribution in [0, 0.1) is 5.41 Å². The van der Waals surface area contributed by atoms with Crippen LogP contribution in [-0.4, -0.2) is 73.3 Å². The minimum Gasteiger partial charge on any atom is -0.466 e. The van der Waals surface area contributed by atoms with Crippen LogP contribution in [0.4, 0.5) is 4.79 Å². The number of sulfone groups is 1. The van der Waals surface area contributed by atoms with Crippen LogP contribution in [0.15, 0.2) is 23.1 Å². The van der Waals surface area contributed by atoms with Crippen LogP contribution in [-0.2, 0) is 37.1 Å². The van der Waals surface area contributed by atoms with Gasteiger partial charge in [0.2, 0.25) is 5.91 Å². The van der Waals surface area contributed by atoms with Gasteiger partial charge in [-0.3, -0.25) is 9.59 Å². The van der Waals surface area contributed by atoms with Gasteiger partial charge in [-0.1, -0.05) is 6.07 Å². The van der Waals surface area contributed by atoms with E-state index in [0.29, 0.717) is 19.5 Å². The Hall–Kier alpha value is -2.62. The maximum absolute atomic E-state index is 13.1. The molecule has 1 N–H and O–H groups in total. The number of hydrogen-bond donors (Lipinski definition) is 1. The van der Waals surface area contributed by atoms with E-state index in [2.05, 4.69) is 0 Å². The summed E-state index contributed by atoms with van der Waals surface area (Å²) in [5.41, 5.74) is 0.835. The van der Waals surface area contributed by atoms with Gasteiger partial charge in [0.15, 0.2) is 9.84 Å². The van der Waals surface area contributed by atoms with Crippen molar-refractivity contribution in [3.63, 3.8) is 0 Å². The van der Waals surface area contributed by atoms with Gasteiger partial charge in [0.05, 0.1) is 22.7 Å². The molecule has 1 saturated heterocycles. The van der Waals surface area contributed by atoms with Crippen molar-refractivity contribution < 1.29 is 32.6 Å². The lowest BCUT2D eigenvalue weighted by Crippen LogP contribution is -2.47. The normalized spacial score (nSPS) is 18.1. The van der Waals surface area contributed by atoms with Crippen molar-refractivity contribution in [1.29, 1.82) is 0 Å². The second-order valence-electron chi connectivity index (χ2n) is 8.46. The molecule has 1 fully saturated rings. The van der Waals surface area contributed by atoms with Crippen LogP contribution in [0.3, 0.4) is 0 Å². The molecule has 0 radical (unpaired) electrons. The van der Waals surface area contributed by atoms with Crippen LogP contribution >= 0.6 is 0 Å². The molecular weight excluding hydrogens is 436 g/mol. The Bertz CT molecular complexity index is 998. The molecule has 3 rings (SSSR count). The summed E-state index contributed by atoms with van der Waals surface area (Å²) in [5, 5.41) is 9.20. The number of hydrogen-bond acceptors (Lipinski definition) is 6. The van der Waals surface area contributed by atoms with Crippen LogP contribution in [0.25, 0.3) is 0 Å². The van der Waals surface area contributed by atoms with Gasteiger partial charge in [-0.2, -0.15) is 0 Å². The molecule has 0 aliphatic carbocycles. The maximum Gasteiger partial charge on any atom is 0.407 e. The number of ether oxygens (including phenoxy) is 1. The highest BCUT2D eigenvalue weighted by Crippen LogP contribution is 2.38. The van der Waals surface area contributed by atoms with Crippen LogP contribution < -0.4 is 0 Å². The molecule has 2 heterocycles. The molecule has 0 unspecified atom stereocenters. The molecule has 2 aliphatic heterocycles. The Morgan fingerprint density at radius 1 is 1.09 bits per heavy atom. The van der Waals surface area contributed by atoms with Crippen molar-refractivity contribution in [2.75, 3.05) is 32.0 Å². The van der Waals surface area contributed by atoms with Crippen LogP contribution in [0.5, 0.6) is 0 Å². The molecule has 0 atom stereocenters. The smallest absolute Gasteiger partial charge is 0.407 e. The number of esters is 1. The predicted octanol–water partition coefficient (Wildman–Crippen LogP) is 2.08. The first-order valence-electron chi connectivity index (χ1n) is 10.8. The molecule has 0 spiro atoms. The van der Waals surface area contributed by atoms with Crippen molar-refractivity contribution in [2.45, 2.75) is 51.0 Å². The predicted molar refractivity (Wildman–Crippen MR) is 116 cm³/mol. The molecule has 1 aromatic carbocycles. The van der Waals surface area contributed by atoms with E-state index >= 15 is 0 Å². The van der Waals surface area contributed by atoms with E-state index in [-0.39, 0.29) is 55.5 Å². The minimum atomic E-state index is -3.69. The van der Waals surface area contributed by atoms with Gasteiger partial charge in [-0.15, -0.1) is 0 Å². The second-order valence-corrected chi connectivity index (χ2v) is 10.6. The number of benzene rings is 1. The monoisotopic (exact) mass is 466 g/mol. The molecule has 2 amide bonds. The SMILES string of the molecule is CCOC(=O)C1(CCS(=O)(=O)c2ccc3c(c2)CN(C(C)=O)CC3)CCN(C(=O)O)CC1.